The van der Waals surface area contributed by atoms with E-state index in [1.54, 1.807) is 0 Å². The van der Waals surface area contributed by atoms with Crippen LogP contribution in [0.5, 0.6) is 0 Å². The Labute approximate surface area is 113 Å². The SMILES string of the molecule is C[C@@H]1CCCN(S(=O)(=O)c2ccccc2F)[C@H]1CN. The lowest BCUT2D eigenvalue weighted by Crippen LogP contribution is -2.51. The molecule has 6 heteroatoms. The molecule has 1 fully saturated rings. The van der Waals surface area contributed by atoms with Gasteiger partial charge in [0.05, 0.1) is 0 Å². The fraction of sp³-hybridized carbons (Fsp3) is 0.538. The normalized spacial score (nSPS) is 25.4. The van der Waals surface area contributed by atoms with Crippen LogP contribution < -0.4 is 5.73 Å². The number of sulfonamides is 1. The van der Waals surface area contributed by atoms with Gasteiger partial charge in [0.25, 0.3) is 0 Å². The third-order valence-electron chi connectivity index (χ3n) is 3.73. The summed E-state index contributed by atoms with van der Waals surface area (Å²) < 4.78 is 40.2. The standard InChI is InChI=1S/C13H19FN2O2S/c1-10-5-4-8-16(12(10)9-15)19(17,18)13-7-3-2-6-11(13)14/h2-3,6-7,10,12H,4-5,8-9,15H2,1H3/t10-,12+/m1/s1. The lowest BCUT2D eigenvalue weighted by atomic mass is 9.93. The zero-order chi connectivity index (χ0) is 14.0. The molecule has 1 aromatic rings. The van der Waals surface area contributed by atoms with Gasteiger partial charge < -0.3 is 5.73 Å². The number of hydrogen-bond acceptors (Lipinski definition) is 3. The molecule has 0 aliphatic carbocycles. The van der Waals surface area contributed by atoms with Crippen molar-refractivity contribution in [3.63, 3.8) is 0 Å². The Bertz CT molecular complexity index is 547. The largest absolute Gasteiger partial charge is 0.329 e. The van der Waals surface area contributed by atoms with Crippen LogP contribution in [0, 0.1) is 11.7 Å². The Kier molecular flexibility index (Phi) is 4.23. The van der Waals surface area contributed by atoms with Crippen LogP contribution in [0.3, 0.4) is 0 Å². The molecule has 0 unspecified atom stereocenters. The lowest BCUT2D eigenvalue weighted by Gasteiger charge is -2.38. The molecule has 1 aliphatic heterocycles. The van der Waals surface area contributed by atoms with Crippen LogP contribution in [-0.4, -0.2) is 31.9 Å². The van der Waals surface area contributed by atoms with E-state index in [9.17, 15) is 12.8 Å². The quantitative estimate of drug-likeness (QED) is 0.917. The molecule has 1 saturated heterocycles. The molecule has 2 N–H and O–H groups in total. The predicted molar refractivity (Wildman–Crippen MR) is 71.5 cm³/mol. The van der Waals surface area contributed by atoms with E-state index >= 15 is 0 Å². The highest BCUT2D eigenvalue weighted by Gasteiger charge is 2.37. The zero-order valence-corrected chi connectivity index (χ0v) is 11.7. The second kappa shape index (κ2) is 5.56. The van der Waals surface area contributed by atoms with Crippen LogP contribution in [0.15, 0.2) is 29.2 Å². The first kappa shape index (κ1) is 14.4. The average molecular weight is 286 g/mol. The van der Waals surface area contributed by atoms with E-state index in [-0.39, 0.29) is 23.4 Å². The van der Waals surface area contributed by atoms with E-state index in [1.165, 1.54) is 22.5 Å². The Morgan fingerprint density at radius 2 is 2.11 bits per heavy atom. The summed E-state index contributed by atoms with van der Waals surface area (Å²) in [6.45, 7) is 2.65. The van der Waals surface area contributed by atoms with Crippen molar-refractivity contribution in [3.05, 3.63) is 30.1 Å². The van der Waals surface area contributed by atoms with Gasteiger partial charge in [0.15, 0.2) is 0 Å². The van der Waals surface area contributed by atoms with Crippen molar-refractivity contribution in [2.24, 2.45) is 11.7 Å². The van der Waals surface area contributed by atoms with Crippen LogP contribution in [-0.2, 0) is 10.0 Å². The fourth-order valence-electron chi connectivity index (χ4n) is 2.64. The molecule has 0 amide bonds. The van der Waals surface area contributed by atoms with E-state index in [1.807, 2.05) is 6.92 Å². The molecule has 1 aliphatic rings. The van der Waals surface area contributed by atoms with Gasteiger partial charge in [-0.3, -0.25) is 0 Å². The van der Waals surface area contributed by atoms with Crippen molar-refractivity contribution in [2.45, 2.75) is 30.7 Å². The van der Waals surface area contributed by atoms with Gasteiger partial charge in [0, 0.05) is 19.1 Å². The number of hydrogen-bond donors (Lipinski definition) is 1. The van der Waals surface area contributed by atoms with Crippen LogP contribution in [0.1, 0.15) is 19.8 Å². The van der Waals surface area contributed by atoms with E-state index in [0.29, 0.717) is 6.54 Å². The third-order valence-corrected chi connectivity index (χ3v) is 5.69. The second-order valence-electron chi connectivity index (χ2n) is 4.97. The molecule has 1 aromatic carbocycles. The van der Waals surface area contributed by atoms with Gasteiger partial charge in [-0.25, -0.2) is 12.8 Å². The highest BCUT2D eigenvalue weighted by molar-refractivity contribution is 7.89. The number of nitrogens with two attached hydrogens (primary N) is 1. The fourth-order valence-corrected chi connectivity index (χ4v) is 4.48. The molecule has 0 spiro atoms. The number of rotatable bonds is 3. The maximum atomic E-state index is 13.7. The van der Waals surface area contributed by atoms with Crippen LogP contribution in [0.4, 0.5) is 4.39 Å². The number of benzene rings is 1. The van der Waals surface area contributed by atoms with Gasteiger partial charge in [-0.15, -0.1) is 0 Å². The Hall–Kier alpha value is -0.980. The average Bonchev–Trinajstić information content (AvgIpc) is 2.38. The third kappa shape index (κ3) is 2.66. The Morgan fingerprint density at radius 1 is 1.42 bits per heavy atom. The van der Waals surface area contributed by atoms with Crippen molar-refractivity contribution >= 4 is 10.0 Å². The highest BCUT2D eigenvalue weighted by atomic mass is 32.2. The van der Waals surface area contributed by atoms with E-state index in [0.717, 1.165) is 18.9 Å². The minimum Gasteiger partial charge on any atom is -0.329 e. The molecule has 4 nitrogen and oxygen atoms in total. The van der Waals surface area contributed by atoms with Crippen LogP contribution in [0.2, 0.25) is 0 Å². The van der Waals surface area contributed by atoms with Gasteiger partial charge in [-0.05, 0) is 30.9 Å². The molecule has 1 heterocycles. The molecule has 0 aromatic heterocycles. The minimum absolute atomic E-state index is 0.195. The summed E-state index contributed by atoms with van der Waals surface area (Å²) in [4.78, 5) is -0.262. The van der Waals surface area contributed by atoms with E-state index in [4.69, 9.17) is 5.73 Å². The first-order chi connectivity index (χ1) is 8.98. The van der Waals surface area contributed by atoms with Crippen LogP contribution in [0.25, 0.3) is 0 Å². The summed E-state index contributed by atoms with van der Waals surface area (Å²) in [5, 5.41) is 0. The molecule has 106 valence electrons. The summed E-state index contributed by atoms with van der Waals surface area (Å²) >= 11 is 0. The molecule has 0 bridgehead atoms. The lowest BCUT2D eigenvalue weighted by molar-refractivity contribution is 0.192. The summed E-state index contributed by atoms with van der Waals surface area (Å²) in [5.74, 6) is -0.517. The summed E-state index contributed by atoms with van der Waals surface area (Å²) in [6.07, 6.45) is 1.73. The zero-order valence-electron chi connectivity index (χ0n) is 10.9. The van der Waals surface area contributed by atoms with Crippen molar-refractivity contribution in [1.82, 2.24) is 4.31 Å². The minimum atomic E-state index is -3.81. The number of piperidine rings is 1. The first-order valence-electron chi connectivity index (χ1n) is 6.45. The van der Waals surface area contributed by atoms with Gasteiger partial charge in [0.2, 0.25) is 10.0 Å². The number of nitrogens with zero attached hydrogens (tertiary/aromatic N) is 1. The van der Waals surface area contributed by atoms with E-state index in [2.05, 4.69) is 0 Å². The topological polar surface area (TPSA) is 63.4 Å². The summed E-state index contributed by atoms with van der Waals surface area (Å²) in [7, 11) is -3.81. The summed E-state index contributed by atoms with van der Waals surface area (Å²) in [5.41, 5.74) is 5.70. The molecular formula is C13H19FN2O2S. The molecule has 0 saturated carbocycles. The Morgan fingerprint density at radius 3 is 2.74 bits per heavy atom. The smallest absolute Gasteiger partial charge is 0.246 e. The van der Waals surface area contributed by atoms with Crippen molar-refractivity contribution < 1.29 is 12.8 Å². The number of halogens is 1. The van der Waals surface area contributed by atoms with Gasteiger partial charge >= 0.3 is 0 Å². The predicted octanol–water partition coefficient (Wildman–Crippen LogP) is 1.57. The van der Waals surface area contributed by atoms with Crippen molar-refractivity contribution in [3.8, 4) is 0 Å². The Balaban J connectivity index is 2.41. The monoisotopic (exact) mass is 286 g/mol. The van der Waals surface area contributed by atoms with Gasteiger partial charge in [0.1, 0.15) is 10.7 Å². The summed E-state index contributed by atoms with van der Waals surface area (Å²) in [6, 6.07) is 5.22. The van der Waals surface area contributed by atoms with Gasteiger partial charge in [-0.2, -0.15) is 4.31 Å². The molecule has 19 heavy (non-hydrogen) atoms. The van der Waals surface area contributed by atoms with Crippen LogP contribution >= 0.6 is 0 Å². The molecule has 2 rings (SSSR count). The molecule has 2 atom stereocenters. The maximum Gasteiger partial charge on any atom is 0.246 e. The molecule has 0 radical (unpaired) electrons. The first-order valence-corrected chi connectivity index (χ1v) is 7.89. The van der Waals surface area contributed by atoms with E-state index < -0.39 is 15.8 Å². The highest BCUT2D eigenvalue weighted by Crippen LogP contribution is 2.29. The van der Waals surface area contributed by atoms with Crippen molar-refractivity contribution in [1.29, 1.82) is 0 Å². The van der Waals surface area contributed by atoms with Crippen molar-refractivity contribution in [2.75, 3.05) is 13.1 Å². The molecular weight excluding hydrogens is 267 g/mol. The second-order valence-corrected chi connectivity index (χ2v) is 6.83. The maximum absolute atomic E-state index is 13.7. The van der Waals surface area contributed by atoms with Gasteiger partial charge in [-0.1, -0.05) is 19.1 Å².